The molecule has 0 aromatic heterocycles. The number of ether oxygens (including phenoxy) is 1. The van der Waals surface area contributed by atoms with Crippen LogP contribution in [0.5, 0.6) is 5.75 Å². The van der Waals surface area contributed by atoms with Gasteiger partial charge in [-0.25, -0.2) is 4.79 Å². The topological polar surface area (TPSA) is 66.8 Å². The van der Waals surface area contributed by atoms with Gasteiger partial charge in [-0.1, -0.05) is 32.4 Å². The smallest absolute Gasteiger partial charge is 0.336 e. The number of aliphatic hydroxyl groups is 1. The van der Waals surface area contributed by atoms with E-state index in [9.17, 15) is 15.0 Å². The number of aliphatic carboxylic acids is 1. The molecule has 0 radical (unpaired) electrons. The highest BCUT2D eigenvalue weighted by molar-refractivity contribution is 5.79. The van der Waals surface area contributed by atoms with Crippen LogP contribution >= 0.6 is 0 Å². The molecule has 4 nitrogen and oxygen atoms in total. The van der Waals surface area contributed by atoms with Crippen molar-refractivity contribution in [3.63, 3.8) is 0 Å². The molecule has 106 valence electrons. The van der Waals surface area contributed by atoms with E-state index >= 15 is 0 Å². The number of hydrogen-bond donors (Lipinski definition) is 2. The second kappa shape index (κ2) is 5.61. The summed E-state index contributed by atoms with van der Waals surface area (Å²) < 4.78 is 5.10. The van der Waals surface area contributed by atoms with Crippen LogP contribution in [-0.2, 0) is 10.2 Å². The highest BCUT2D eigenvalue weighted by Gasteiger charge is 2.49. The Morgan fingerprint density at radius 3 is 2.16 bits per heavy atom. The molecule has 0 saturated carbocycles. The minimum absolute atomic E-state index is 0.582. The maximum Gasteiger partial charge on any atom is 0.336 e. The van der Waals surface area contributed by atoms with Crippen LogP contribution < -0.4 is 4.74 Å². The van der Waals surface area contributed by atoms with E-state index in [1.165, 1.54) is 6.92 Å². The molecule has 0 spiro atoms. The molecule has 2 unspecified atom stereocenters. The van der Waals surface area contributed by atoms with Crippen molar-refractivity contribution in [3.05, 3.63) is 29.8 Å². The van der Waals surface area contributed by atoms with Crippen molar-refractivity contribution in [2.24, 2.45) is 0 Å². The van der Waals surface area contributed by atoms with E-state index in [1.807, 2.05) is 19.1 Å². The van der Waals surface area contributed by atoms with E-state index in [4.69, 9.17) is 4.74 Å². The molecule has 0 heterocycles. The van der Waals surface area contributed by atoms with Crippen molar-refractivity contribution in [1.29, 1.82) is 0 Å². The summed E-state index contributed by atoms with van der Waals surface area (Å²) >= 11 is 0. The van der Waals surface area contributed by atoms with Gasteiger partial charge < -0.3 is 14.9 Å². The van der Waals surface area contributed by atoms with Gasteiger partial charge >= 0.3 is 5.97 Å². The van der Waals surface area contributed by atoms with Gasteiger partial charge in [-0.15, -0.1) is 0 Å². The summed E-state index contributed by atoms with van der Waals surface area (Å²) in [5.74, 6) is -0.503. The molecule has 4 heteroatoms. The van der Waals surface area contributed by atoms with Crippen LogP contribution in [-0.4, -0.2) is 28.9 Å². The highest BCUT2D eigenvalue weighted by atomic mass is 16.5. The monoisotopic (exact) mass is 266 g/mol. The van der Waals surface area contributed by atoms with Gasteiger partial charge in [-0.2, -0.15) is 0 Å². The van der Waals surface area contributed by atoms with E-state index < -0.39 is 17.0 Å². The lowest BCUT2D eigenvalue weighted by Gasteiger charge is -2.40. The second-order valence-corrected chi connectivity index (χ2v) is 5.19. The third-order valence-corrected chi connectivity index (χ3v) is 3.97. The van der Waals surface area contributed by atoms with E-state index in [1.54, 1.807) is 26.2 Å². The molecule has 0 aliphatic rings. The van der Waals surface area contributed by atoms with Crippen LogP contribution in [0.3, 0.4) is 0 Å². The van der Waals surface area contributed by atoms with Gasteiger partial charge in [0.25, 0.3) is 0 Å². The van der Waals surface area contributed by atoms with Crippen molar-refractivity contribution in [3.8, 4) is 5.75 Å². The average Bonchev–Trinajstić information content (AvgIpc) is 2.38. The number of carbonyl (C=O) groups is 1. The Morgan fingerprint density at radius 2 is 1.79 bits per heavy atom. The van der Waals surface area contributed by atoms with Crippen LogP contribution in [0.15, 0.2) is 24.3 Å². The first-order chi connectivity index (χ1) is 8.79. The van der Waals surface area contributed by atoms with Gasteiger partial charge in [0.2, 0.25) is 0 Å². The second-order valence-electron chi connectivity index (χ2n) is 5.19. The van der Waals surface area contributed by atoms with E-state index in [0.717, 1.165) is 12.0 Å². The molecule has 19 heavy (non-hydrogen) atoms. The first kappa shape index (κ1) is 15.5. The van der Waals surface area contributed by atoms with Gasteiger partial charge in [0, 0.05) is 5.41 Å². The summed E-state index contributed by atoms with van der Waals surface area (Å²) in [7, 11) is 1.58. The molecular weight excluding hydrogens is 244 g/mol. The Hall–Kier alpha value is -1.55. The quantitative estimate of drug-likeness (QED) is 0.830. The summed E-state index contributed by atoms with van der Waals surface area (Å²) in [5.41, 5.74) is -1.88. The summed E-state index contributed by atoms with van der Waals surface area (Å²) in [4.78, 5) is 11.4. The minimum atomic E-state index is -1.82. The Morgan fingerprint density at radius 1 is 1.26 bits per heavy atom. The Bertz CT molecular complexity index is 436. The Labute approximate surface area is 114 Å². The molecule has 0 saturated heterocycles. The van der Waals surface area contributed by atoms with Crippen LogP contribution in [0.1, 0.15) is 39.2 Å². The lowest BCUT2D eigenvalue weighted by molar-refractivity contribution is -0.164. The first-order valence-corrected chi connectivity index (χ1v) is 6.40. The van der Waals surface area contributed by atoms with Gasteiger partial charge in [-0.3, -0.25) is 0 Å². The van der Waals surface area contributed by atoms with Gasteiger partial charge in [0.1, 0.15) is 5.75 Å². The predicted octanol–water partition coefficient (Wildman–Crippen LogP) is 2.59. The number of hydrogen-bond acceptors (Lipinski definition) is 3. The molecular formula is C15H22O4. The van der Waals surface area contributed by atoms with Gasteiger partial charge in [0.05, 0.1) is 7.11 Å². The zero-order chi connectivity index (χ0) is 14.7. The van der Waals surface area contributed by atoms with Crippen molar-refractivity contribution in [1.82, 2.24) is 0 Å². The number of benzene rings is 1. The fraction of sp³-hybridized carbons (Fsp3) is 0.533. The molecule has 0 aliphatic heterocycles. The molecule has 2 atom stereocenters. The number of carboxylic acid groups (broad SMARTS) is 1. The zero-order valence-electron chi connectivity index (χ0n) is 11.9. The van der Waals surface area contributed by atoms with Gasteiger partial charge in [-0.05, 0) is 31.0 Å². The largest absolute Gasteiger partial charge is 0.497 e. The lowest BCUT2D eigenvalue weighted by Crippen LogP contribution is -2.53. The molecule has 1 aromatic rings. The van der Waals surface area contributed by atoms with Crippen LogP contribution in [0.2, 0.25) is 0 Å². The Kier molecular flexibility index (Phi) is 4.58. The zero-order valence-corrected chi connectivity index (χ0v) is 11.9. The number of rotatable bonds is 6. The minimum Gasteiger partial charge on any atom is -0.497 e. The molecule has 0 bridgehead atoms. The fourth-order valence-electron chi connectivity index (χ4n) is 2.36. The standard InChI is InChI=1S/C15H22O4/c1-5-10-14(2,15(3,18)13(16)17)11-6-8-12(19-4)9-7-11/h6-9,18H,5,10H2,1-4H3,(H,16,17). The predicted molar refractivity (Wildman–Crippen MR) is 73.5 cm³/mol. The van der Waals surface area contributed by atoms with Crippen LogP contribution in [0.4, 0.5) is 0 Å². The molecule has 1 aromatic carbocycles. The van der Waals surface area contributed by atoms with E-state index in [-0.39, 0.29) is 0 Å². The summed E-state index contributed by atoms with van der Waals surface area (Å²) in [6.07, 6.45) is 1.37. The maximum absolute atomic E-state index is 11.4. The third-order valence-electron chi connectivity index (χ3n) is 3.97. The summed E-state index contributed by atoms with van der Waals surface area (Å²) in [6.45, 7) is 5.11. The molecule has 1 rings (SSSR count). The van der Waals surface area contributed by atoms with Crippen molar-refractivity contribution in [2.45, 2.75) is 44.6 Å². The highest BCUT2D eigenvalue weighted by Crippen LogP contribution is 2.40. The summed E-state index contributed by atoms with van der Waals surface area (Å²) in [6, 6.07) is 7.18. The van der Waals surface area contributed by atoms with Crippen LogP contribution in [0, 0.1) is 0 Å². The first-order valence-electron chi connectivity index (χ1n) is 6.40. The van der Waals surface area contributed by atoms with E-state index in [2.05, 4.69) is 0 Å². The lowest BCUT2D eigenvalue weighted by atomic mass is 9.66. The normalized spacial score (nSPS) is 17.3. The molecule has 0 aliphatic carbocycles. The SMILES string of the molecule is CCCC(C)(c1ccc(OC)cc1)C(C)(O)C(=O)O. The number of carboxylic acids is 1. The van der Waals surface area contributed by atoms with Gasteiger partial charge in [0.15, 0.2) is 5.60 Å². The van der Waals surface area contributed by atoms with Crippen molar-refractivity contribution >= 4 is 5.97 Å². The molecule has 0 fully saturated rings. The van der Waals surface area contributed by atoms with Crippen molar-refractivity contribution in [2.75, 3.05) is 7.11 Å². The fourth-order valence-corrected chi connectivity index (χ4v) is 2.36. The van der Waals surface area contributed by atoms with E-state index in [0.29, 0.717) is 12.2 Å². The molecule has 0 amide bonds. The summed E-state index contributed by atoms with van der Waals surface area (Å²) in [5, 5.41) is 19.7. The number of methoxy groups -OCH3 is 1. The maximum atomic E-state index is 11.4. The van der Waals surface area contributed by atoms with Crippen molar-refractivity contribution < 1.29 is 19.7 Å². The van der Waals surface area contributed by atoms with Crippen LogP contribution in [0.25, 0.3) is 0 Å². The molecule has 2 N–H and O–H groups in total. The Balaban J connectivity index is 3.28. The average molecular weight is 266 g/mol. The third kappa shape index (κ3) is 2.73.